The third-order valence-corrected chi connectivity index (χ3v) is 5.44. The number of benzene rings is 2. The van der Waals surface area contributed by atoms with Gasteiger partial charge < -0.3 is 10.6 Å². The predicted octanol–water partition coefficient (Wildman–Crippen LogP) is 4.91. The van der Waals surface area contributed by atoms with Crippen molar-refractivity contribution in [2.24, 2.45) is 0 Å². The van der Waals surface area contributed by atoms with Crippen molar-refractivity contribution in [1.29, 1.82) is 0 Å². The number of carbonyl (C=O) groups is 2. The lowest BCUT2D eigenvalue weighted by atomic mass is 10.1. The van der Waals surface area contributed by atoms with E-state index in [-0.39, 0.29) is 18.0 Å². The number of anilines is 2. The number of aromatic nitrogens is 1. The maximum absolute atomic E-state index is 12.6. The quantitative estimate of drug-likeness (QED) is 0.544. The highest BCUT2D eigenvalue weighted by Gasteiger charge is 2.23. The molecule has 3 N–H and O–H groups in total. The van der Waals surface area contributed by atoms with E-state index >= 15 is 0 Å². The first-order chi connectivity index (χ1) is 14.1. The minimum absolute atomic E-state index is 0.247. The molecule has 4 rings (SSSR count). The highest BCUT2D eigenvalue weighted by Crippen LogP contribution is 2.26. The van der Waals surface area contributed by atoms with Crippen LogP contribution in [0.5, 0.6) is 0 Å². The maximum Gasteiger partial charge on any atom is 0.319 e. The van der Waals surface area contributed by atoms with Crippen LogP contribution in [0.15, 0.2) is 53.9 Å². The minimum atomic E-state index is -0.265. The largest absolute Gasteiger partial charge is 0.335 e. The molecule has 29 heavy (non-hydrogen) atoms. The van der Waals surface area contributed by atoms with Crippen LogP contribution >= 0.6 is 11.3 Å². The second-order valence-corrected chi connectivity index (χ2v) is 7.85. The molecule has 2 aromatic carbocycles. The normalized spacial score (nSPS) is 13.0. The Morgan fingerprint density at radius 2 is 1.90 bits per heavy atom. The molecule has 0 saturated heterocycles. The Balaban J connectivity index is 1.40. The Hall–Kier alpha value is -3.19. The second-order valence-electron chi connectivity index (χ2n) is 7.00. The highest BCUT2D eigenvalue weighted by molar-refractivity contribution is 7.14. The van der Waals surface area contributed by atoms with Crippen molar-refractivity contribution in [2.45, 2.75) is 32.2 Å². The summed E-state index contributed by atoms with van der Waals surface area (Å²) in [6, 6.07) is 15.1. The first-order valence-electron chi connectivity index (χ1n) is 9.64. The molecule has 1 saturated carbocycles. The summed E-state index contributed by atoms with van der Waals surface area (Å²) >= 11 is 1.38. The van der Waals surface area contributed by atoms with Gasteiger partial charge in [0, 0.05) is 28.2 Å². The molecule has 0 spiro atoms. The fraction of sp³-hybridized carbons (Fsp3) is 0.227. The van der Waals surface area contributed by atoms with Gasteiger partial charge in [0.05, 0.1) is 5.69 Å². The van der Waals surface area contributed by atoms with Gasteiger partial charge in [-0.2, -0.15) is 0 Å². The van der Waals surface area contributed by atoms with Crippen molar-refractivity contribution in [2.75, 3.05) is 10.6 Å². The van der Waals surface area contributed by atoms with Gasteiger partial charge in [-0.3, -0.25) is 10.1 Å². The van der Waals surface area contributed by atoms with Crippen LogP contribution in [-0.2, 0) is 6.42 Å². The summed E-state index contributed by atoms with van der Waals surface area (Å²) in [5.41, 5.74) is 4.16. The van der Waals surface area contributed by atoms with E-state index in [9.17, 15) is 9.59 Å². The molecule has 1 heterocycles. The Morgan fingerprint density at radius 3 is 2.62 bits per heavy atom. The maximum atomic E-state index is 12.6. The molecular formula is C22H22N4O2S. The van der Waals surface area contributed by atoms with E-state index in [1.54, 1.807) is 24.3 Å². The zero-order chi connectivity index (χ0) is 20.2. The van der Waals surface area contributed by atoms with Gasteiger partial charge in [0.2, 0.25) is 0 Å². The summed E-state index contributed by atoms with van der Waals surface area (Å²) < 4.78 is 0. The summed E-state index contributed by atoms with van der Waals surface area (Å²) in [7, 11) is 0. The Bertz CT molecular complexity index is 1030. The molecule has 148 valence electrons. The summed E-state index contributed by atoms with van der Waals surface area (Å²) in [6.07, 6.45) is 3.04. The van der Waals surface area contributed by atoms with Gasteiger partial charge in [-0.15, -0.1) is 11.3 Å². The summed E-state index contributed by atoms with van der Waals surface area (Å²) in [4.78, 5) is 29.0. The zero-order valence-corrected chi connectivity index (χ0v) is 16.9. The lowest BCUT2D eigenvalue weighted by Gasteiger charge is -2.08. The number of hydrogen-bond acceptors (Lipinski definition) is 4. The number of amides is 3. The number of urea groups is 1. The second kappa shape index (κ2) is 8.45. The SMILES string of the molecule is CCc1ccc(-c2csc(NC(=O)c3cccc(NC(=O)NC4CC4)c3)n2)cc1. The average Bonchev–Trinajstić information content (AvgIpc) is 3.42. The van der Waals surface area contributed by atoms with Crippen molar-refractivity contribution in [1.82, 2.24) is 10.3 Å². The molecule has 3 amide bonds. The number of nitrogens with zero attached hydrogens (tertiary/aromatic N) is 1. The smallest absolute Gasteiger partial charge is 0.319 e. The van der Waals surface area contributed by atoms with E-state index in [2.05, 4.69) is 40.0 Å². The van der Waals surface area contributed by atoms with Crippen LogP contribution in [0.25, 0.3) is 11.3 Å². The van der Waals surface area contributed by atoms with Crippen LogP contribution in [0, 0.1) is 0 Å². The minimum Gasteiger partial charge on any atom is -0.335 e. The van der Waals surface area contributed by atoms with Crippen LogP contribution < -0.4 is 16.0 Å². The molecule has 0 bridgehead atoms. The summed E-state index contributed by atoms with van der Waals surface area (Å²) in [6.45, 7) is 2.12. The fourth-order valence-electron chi connectivity index (χ4n) is 2.86. The topological polar surface area (TPSA) is 83.1 Å². The molecule has 0 atom stereocenters. The molecule has 0 radical (unpaired) electrons. The van der Waals surface area contributed by atoms with E-state index in [0.717, 1.165) is 30.5 Å². The van der Waals surface area contributed by atoms with Crippen LogP contribution in [0.2, 0.25) is 0 Å². The Morgan fingerprint density at radius 1 is 1.10 bits per heavy atom. The monoisotopic (exact) mass is 406 g/mol. The van der Waals surface area contributed by atoms with Gasteiger partial charge in [-0.05, 0) is 43.0 Å². The van der Waals surface area contributed by atoms with Gasteiger partial charge in [0.15, 0.2) is 5.13 Å². The summed E-state index contributed by atoms with van der Waals surface area (Å²) in [5.74, 6) is -0.265. The number of aryl methyl sites for hydroxylation is 1. The van der Waals surface area contributed by atoms with Gasteiger partial charge in [0.1, 0.15) is 0 Å². The number of thiazole rings is 1. The number of rotatable bonds is 6. The third-order valence-electron chi connectivity index (χ3n) is 4.68. The van der Waals surface area contributed by atoms with Gasteiger partial charge in [-0.25, -0.2) is 9.78 Å². The van der Waals surface area contributed by atoms with Gasteiger partial charge >= 0.3 is 6.03 Å². The zero-order valence-electron chi connectivity index (χ0n) is 16.1. The van der Waals surface area contributed by atoms with Gasteiger partial charge in [0.25, 0.3) is 5.91 Å². The van der Waals surface area contributed by atoms with Crippen LogP contribution in [0.4, 0.5) is 15.6 Å². The van der Waals surface area contributed by atoms with Crippen LogP contribution in [-0.4, -0.2) is 23.0 Å². The van der Waals surface area contributed by atoms with Crippen LogP contribution in [0.1, 0.15) is 35.7 Å². The molecule has 7 heteroatoms. The van der Waals surface area contributed by atoms with Crippen molar-refractivity contribution in [3.05, 3.63) is 65.0 Å². The highest BCUT2D eigenvalue weighted by atomic mass is 32.1. The van der Waals surface area contributed by atoms with Crippen LogP contribution in [0.3, 0.4) is 0 Å². The Kier molecular flexibility index (Phi) is 5.57. The molecule has 3 aromatic rings. The standard InChI is InChI=1S/C22H22N4O2S/c1-2-14-6-8-15(9-7-14)19-13-29-22(25-19)26-20(27)16-4-3-5-18(12-16)24-21(28)23-17-10-11-17/h3-9,12-13,17H,2,10-11H2,1H3,(H2,23,24,28)(H,25,26,27). The molecular weight excluding hydrogens is 384 g/mol. The van der Waals surface area contributed by atoms with Gasteiger partial charge in [-0.1, -0.05) is 37.3 Å². The summed E-state index contributed by atoms with van der Waals surface area (Å²) in [5, 5.41) is 10.9. The molecule has 0 unspecified atom stereocenters. The predicted molar refractivity (Wildman–Crippen MR) is 116 cm³/mol. The molecule has 6 nitrogen and oxygen atoms in total. The number of nitrogens with one attached hydrogen (secondary N) is 3. The van der Waals surface area contributed by atoms with Crippen molar-refractivity contribution in [3.63, 3.8) is 0 Å². The molecule has 0 aliphatic heterocycles. The van der Waals surface area contributed by atoms with E-state index < -0.39 is 0 Å². The van der Waals surface area contributed by atoms with E-state index in [1.165, 1.54) is 16.9 Å². The number of hydrogen-bond donors (Lipinski definition) is 3. The van der Waals surface area contributed by atoms with Crippen molar-refractivity contribution in [3.8, 4) is 11.3 Å². The number of carbonyl (C=O) groups excluding carboxylic acids is 2. The van der Waals surface area contributed by atoms with E-state index in [1.807, 2.05) is 17.5 Å². The van der Waals surface area contributed by atoms with Crippen molar-refractivity contribution >= 4 is 34.1 Å². The first-order valence-corrected chi connectivity index (χ1v) is 10.5. The molecule has 1 aliphatic rings. The molecule has 1 fully saturated rings. The lowest BCUT2D eigenvalue weighted by molar-refractivity contribution is 0.102. The fourth-order valence-corrected chi connectivity index (χ4v) is 3.58. The molecule has 1 aliphatic carbocycles. The lowest BCUT2D eigenvalue weighted by Crippen LogP contribution is -2.30. The Labute approximate surface area is 173 Å². The van der Waals surface area contributed by atoms with E-state index in [0.29, 0.717) is 16.4 Å². The first kappa shape index (κ1) is 19.1. The average molecular weight is 407 g/mol. The molecule has 1 aromatic heterocycles. The van der Waals surface area contributed by atoms with Crippen molar-refractivity contribution < 1.29 is 9.59 Å². The van der Waals surface area contributed by atoms with E-state index in [4.69, 9.17) is 0 Å². The third kappa shape index (κ3) is 5.00.